The number of hydrogen-bond donors (Lipinski definition) is 1. The van der Waals surface area contributed by atoms with Crippen LogP contribution < -0.4 is 9.47 Å². The molecular weight excluding hydrogens is 538 g/mol. The minimum Gasteiger partial charge on any atom is -0.503 e. The number of furan rings is 1. The average molecular weight is 562 g/mol. The standard InChI is InChI=1S/C29H24BrNO6/c1-3-36-22-6-4-5-18(14-22)26-25(27(32)24-15-19-13-20(30)9-12-23(19)37-24)28(33)29(34)31(26)16-17-7-10-21(35-2)11-8-17/h4-15,26,33H,3,16H2,1-2H3. The lowest BCUT2D eigenvalue weighted by molar-refractivity contribution is -0.130. The molecule has 0 bridgehead atoms. The van der Waals surface area contributed by atoms with Crippen LogP contribution in [0.1, 0.15) is 34.6 Å². The van der Waals surface area contributed by atoms with Gasteiger partial charge >= 0.3 is 0 Å². The Balaban J connectivity index is 1.58. The summed E-state index contributed by atoms with van der Waals surface area (Å²) in [5.74, 6) is -0.451. The molecule has 2 heterocycles. The van der Waals surface area contributed by atoms with Crippen LogP contribution >= 0.6 is 15.9 Å². The summed E-state index contributed by atoms with van der Waals surface area (Å²) in [5, 5.41) is 11.7. The van der Waals surface area contributed by atoms with Gasteiger partial charge in [-0.05, 0) is 66.6 Å². The molecule has 3 aromatic carbocycles. The monoisotopic (exact) mass is 561 g/mol. The van der Waals surface area contributed by atoms with E-state index in [0.29, 0.717) is 29.3 Å². The summed E-state index contributed by atoms with van der Waals surface area (Å²) in [6.45, 7) is 2.51. The fourth-order valence-corrected chi connectivity index (χ4v) is 4.90. The molecule has 1 amide bonds. The molecule has 0 aliphatic carbocycles. The predicted molar refractivity (Wildman–Crippen MR) is 142 cm³/mol. The van der Waals surface area contributed by atoms with Crippen molar-refractivity contribution in [2.45, 2.75) is 19.5 Å². The maximum atomic E-state index is 13.8. The SMILES string of the molecule is CCOc1cccc(C2C(C(=O)c3cc4cc(Br)ccc4o3)=C(O)C(=O)N2Cc2ccc(OC)cc2)c1. The van der Waals surface area contributed by atoms with Gasteiger partial charge in [0.15, 0.2) is 11.5 Å². The minimum atomic E-state index is -0.845. The molecule has 5 rings (SSSR count). The van der Waals surface area contributed by atoms with Crippen molar-refractivity contribution in [2.75, 3.05) is 13.7 Å². The maximum absolute atomic E-state index is 13.8. The fraction of sp³-hybridized carbons (Fsp3) is 0.172. The van der Waals surface area contributed by atoms with Crippen LogP contribution in [0.3, 0.4) is 0 Å². The van der Waals surface area contributed by atoms with Crippen LogP contribution in [-0.4, -0.2) is 35.4 Å². The molecular formula is C29H24BrNO6. The second kappa shape index (κ2) is 10.1. The van der Waals surface area contributed by atoms with Gasteiger partial charge in [0.2, 0.25) is 5.78 Å². The van der Waals surface area contributed by atoms with E-state index in [0.717, 1.165) is 15.4 Å². The molecule has 188 valence electrons. The number of aliphatic hydroxyl groups is 1. The van der Waals surface area contributed by atoms with E-state index in [1.54, 1.807) is 49.6 Å². The van der Waals surface area contributed by atoms with E-state index in [2.05, 4.69) is 15.9 Å². The Morgan fingerprint density at radius 1 is 1.05 bits per heavy atom. The number of nitrogens with zero attached hydrogens (tertiary/aromatic N) is 1. The third-order valence-electron chi connectivity index (χ3n) is 6.25. The fourth-order valence-electron chi connectivity index (χ4n) is 4.52. The number of benzene rings is 3. The molecule has 1 aliphatic rings. The lowest BCUT2D eigenvalue weighted by Crippen LogP contribution is -2.30. The summed E-state index contributed by atoms with van der Waals surface area (Å²) in [6.07, 6.45) is 0. The first kappa shape index (κ1) is 24.6. The molecule has 1 unspecified atom stereocenters. The number of ketones is 1. The van der Waals surface area contributed by atoms with E-state index >= 15 is 0 Å². The van der Waals surface area contributed by atoms with Crippen LogP contribution in [0.5, 0.6) is 11.5 Å². The summed E-state index contributed by atoms with van der Waals surface area (Å²) in [4.78, 5) is 28.6. The number of carbonyl (C=O) groups excluding carboxylic acids is 2. The number of carbonyl (C=O) groups is 2. The van der Waals surface area contributed by atoms with Crippen molar-refractivity contribution in [3.05, 3.63) is 105 Å². The van der Waals surface area contributed by atoms with Gasteiger partial charge in [0, 0.05) is 16.4 Å². The summed E-state index contributed by atoms with van der Waals surface area (Å²) in [6, 6.07) is 20.6. The molecule has 0 saturated carbocycles. The van der Waals surface area contributed by atoms with Crippen LogP contribution in [0.25, 0.3) is 11.0 Å². The molecule has 1 aromatic heterocycles. The highest BCUT2D eigenvalue weighted by molar-refractivity contribution is 9.10. The number of Topliss-reactive ketones (excluding diaryl/α,β-unsaturated/α-hetero) is 1. The third kappa shape index (κ3) is 4.72. The van der Waals surface area contributed by atoms with Crippen molar-refractivity contribution in [1.29, 1.82) is 0 Å². The summed E-state index contributed by atoms with van der Waals surface area (Å²) >= 11 is 3.42. The van der Waals surface area contributed by atoms with Crippen LogP contribution in [0, 0.1) is 0 Å². The number of methoxy groups -OCH3 is 1. The van der Waals surface area contributed by atoms with Gasteiger partial charge in [-0.2, -0.15) is 0 Å². The van der Waals surface area contributed by atoms with E-state index in [4.69, 9.17) is 13.9 Å². The summed E-state index contributed by atoms with van der Waals surface area (Å²) in [7, 11) is 1.58. The Labute approximate surface area is 222 Å². The molecule has 37 heavy (non-hydrogen) atoms. The van der Waals surface area contributed by atoms with E-state index in [1.165, 1.54) is 4.90 Å². The van der Waals surface area contributed by atoms with Gasteiger partial charge in [0.05, 0.1) is 25.3 Å². The second-order valence-corrected chi connectivity index (χ2v) is 9.49. The van der Waals surface area contributed by atoms with Crippen LogP contribution in [0.15, 0.2) is 93.0 Å². The van der Waals surface area contributed by atoms with Crippen LogP contribution in [0.2, 0.25) is 0 Å². The molecule has 0 fully saturated rings. The Morgan fingerprint density at radius 2 is 1.84 bits per heavy atom. The maximum Gasteiger partial charge on any atom is 0.290 e. The Morgan fingerprint density at radius 3 is 2.57 bits per heavy atom. The molecule has 0 spiro atoms. The van der Waals surface area contributed by atoms with Crippen molar-refractivity contribution in [1.82, 2.24) is 4.90 Å². The van der Waals surface area contributed by atoms with Gasteiger partial charge in [0.1, 0.15) is 17.1 Å². The van der Waals surface area contributed by atoms with Crippen LogP contribution in [0.4, 0.5) is 0 Å². The molecule has 1 N–H and O–H groups in total. The number of hydrogen-bond acceptors (Lipinski definition) is 6. The Hall–Kier alpha value is -4.04. The van der Waals surface area contributed by atoms with Gasteiger partial charge < -0.3 is 23.9 Å². The van der Waals surface area contributed by atoms with Crippen molar-refractivity contribution in [3.8, 4) is 11.5 Å². The first-order valence-corrected chi connectivity index (χ1v) is 12.5. The highest BCUT2D eigenvalue weighted by atomic mass is 79.9. The van der Waals surface area contributed by atoms with E-state index in [1.807, 2.05) is 37.3 Å². The Kier molecular flexibility index (Phi) is 6.76. The van der Waals surface area contributed by atoms with Gasteiger partial charge in [-0.1, -0.05) is 40.2 Å². The zero-order valence-corrected chi connectivity index (χ0v) is 21.8. The lowest BCUT2D eigenvalue weighted by Gasteiger charge is -2.27. The largest absolute Gasteiger partial charge is 0.503 e. The zero-order valence-electron chi connectivity index (χ0n) is 20.2. The molecule has 0 saturated heterocycles. The highest BCUT2D eigenvalue weighted by Crippen LogP contribution is 2.41. The van der Waals surface area contributed by atoms with Crippen LogP contribution in [-0.2, 0) is 11.3 Å². The van der Waals surface area contributed by atoms with Crippen molar-refractivity contribution in [3.63, 3.8) is 0 Å². The first-order chi connectivity index (χ1) is 17.9. The summed E-state index contributed by atoms with van der Waals surface area (Å²) in [5.41, 5.74) is 1.94. The number of fused-ring (bicyclic) bond motifs is 1. The van der Waals surface area contributed by atoms with E-state index < -0.39 is 23.5 Å². The molecule has 8 heteroatoms. The quantitative estimate of drug-likeness (QED) is 0.251. The molecule has 1 atom stereocenters. The lowest BCUT2D eigenvalue weighted by atomic mass is 9.94. The molecule has 0 radical (unpaired) electrons. The van der Waals surface area contributed by atoms with Crippen molar-refractivity contribution < 1.29 is 28.6 Å². The van der Waals surface area contributed by atoms with Gasteiger partial charge in [0.25, 0.3) is 5.91 Å². The first-order valence-electron chi connectivity index (χ1n) is 11.7. The topological polar surface area (TPSA) is 89.2 Å². The smallest absolute Gasteiger partial charge is 0.290 e. The zero-order chi connectivity index (χ0) is 26.1. The number of halogens is 1. The molecule has 1 aliphatic heterocycles. The second-order valence-electron chi connectivity index (χ2n) is 8.57. The van der Waals surface area contributed by atoms with E-state index in [9.17, 15) is 14.7 Å². The van der Waals surface area contributed by atoms with Crippen molar-refractivity contribution in [2.24, 2.45) is 0 Å². The number of aliphatic hydroxyl groups excluding tert-OH is 1. The normalized spacial score (nSPS) is 15.5. The number of rotatable bonds is 8. The molecule has 7 nitrogen and oxygen atoms in total. The number of ether oxygens (including phenoxy) is 2. The third-order valence-corrected chi connectivity index (χ3v) is 6.74. The van der Waals surface area contributed by atoms with E-state index in [-0.39, 0.29) is 17.9 Å². The Bertz CT molecular complexity index is 1520. The minimum absolute atomic E-state index is 0.0368. The molecule has 4 aromatic rings. The average Bonchev–Trinajstić information content (AvgIpc) is 3.43. The summed E-state index contributed by atoms with van der Waals surface area (Å²) < 4.78 is 17.6. The van der Waals surface area contributed by atoms with Gasteiger partial charge in [-0.15, -0.1) is 0 Å². The predicted octanol–water partition coefficient (Wildman–Crippen LogP) is 6.38. The van der Waals surface area contributed by atoms with Gasteiger partial charge in [-0.25, -0.2) is 0 Å². The van der Waals surface area contributed by atoms with Crippen molar-refractivity contribution >= 4 is 38.6 Å². The van der Waals surface area contributed by atoms with Gasteiger partial charge in [-0.3, -0.25) is 9.59 Å². The highest BCUT2D eigenvalue weighted by Gasteiger charge is 2.44. The number of amides is 1.